The van der Waals surface area contributed by atoms with Crippen molar-refractivity contribution in [1.82, 2.24) is 25.3 Å². The van der Waals surface area contributed by atoms with E-state index in [0.29, 0.717) is 6.54 Å². The lowest BCUT2D eigenvalue weighted by Crippen LogP contribution is -2.17. The average Bonchev–Trinajstić information content (AvgIpc) is 3.07. The minimum absolute atomic E-state index is 0. The molecule has 2 aromatic carbocycles. The van der Waals surface area contributed by atoms with Gasteiger partial charge in [-0.15, -0.1) is 28.8 Å². The van der Waals surface area contributed by atoms with Gasteiger partial charge in [0.2, 0.25) is 0 Å². The molecule has 144 valence electrons. The normalized spacial score (nSPS) is 18.2. The maximum atomic E-state index is 13.4. The van der Waals surface area contributed by atoms with Crippen molar-refractivity contribution in [2.75, 3.05) is 0 Å². The smallest absolute Gasteiger partial charge is 0.159 e. The molecule has 2 heterocycles. The molecular formula is C19H16ClF2N5S. The van der Waals surface area contributed by atoms with Crippen LogP contribution in [0.2, 0.25) is 0 Å². The van der Waals surface area contributed by atoms with Gasteiger partial charge in [0.1, 0.15) is 0 Å². The number of halogens is 3. The van der Waals surface area contributed by atoms with Gasteiger partial charge in [0.05, 0.1) is 33.3 Å². The number of hydrogen-bond donors (Lipinski definition) is 1. The molecule has 2 aromatic heterocycles. The van der Waals surface area contributed by atoms with Gasteiger partial charge in [0.25, 0.3) is 0 Å². The summed E-state index contributed by atoms with van der Waals surface area (Å²) in [7, 11) is 0. The SMILES string of the molecule is Cl.Fc1ccc([C@@H]2C[C@H]2NCc2cn(-c3ccc4ncsc4c3)nn2)cc1F. The minimum Gasteiger partial charge on any atom is -0.308 e. The molecule has 1 aliphatic carbocycles. The summed E-state index contributed by atoms with van der Waals surface area (Å²) >= 11 is 1.59. The average molecular weight is 420 g/mol. The highest BCUT2D eigenvalue weighted by atomic mass is 35.5. The van der Waals surface area contributed by atoms with Gasteiger partial charge in [-0.25, -0.2) is 18.4 Å². The van der Waals surface area contributed by atoms with Crippen molar-refractivity contribution in [3.63, 3.8) is 0 Å². The van der Waals surface area contributed by atoms with Crippen LogP contribution in [-0.2, 0) is 6.54 Å². The summed E-state index contributed by atoms with van der Waals surface area (Å²) in [6, 6.07) is 10.3. The summed E-state index contributed by atoms with van der Waals surface area (Å²) in [5.74, 6) is -1.39. The van der Waals surface area contributed by atoms with Gasteiger partial charge in [0, 0.05) is 18.5 Å². The van der Waals surface area contributed by atoms with E-state index in [0.717, 1.165) is 33.6 Å². The van der Waals surface area contributed by atoms with Gasteiger partial charge >= 0.3 is 0 Å². The first-order valence-electron chi connectivity index (χ1n) is 8.60. The van der Waals surface area contributed by atoms with Crippen LogP contribution >= 0.6 is 23.7 Å². The second-order valence-electron chi connectivity index (χ2n) is 6.66. The Hall–Kier alpha value is -2.42. The first kappa shape index (κ1) is 18.9. The summed E-state index contributed by atoms with van der Waals surface area (Å²) < 4.78 is 29.3. The molecule has 0 spiro atoms. The summed E-state index contributed by atoms with van der Waals surface area (Å²) in [6.07, 6.45) is 2.80. The van der Waals surface area contributed by atoms with E-state index in [1.807, 2.05) is 29.9 Å². The molecule has 28 heavy (non-hydrogen) atoms. The molecule has 0 unspecified atom stereocenters. The molecule has 1 saturated carbocycles. The zero-order chi connectivity index (χ0) is 18.4. The van der Waals surface area contributed by atoms with Crippen molar-refractivity contribution < 1.29 is 8.78 Å². The largest absolute Gasteiger partial charge is 0.308 e. The van der Waals surface area contributed by atoms with Crippen molar-refractivity contribution >= 4 is 34.0 Å². The zero-order valence-electron chi connectivity index (χ0n) is 14.5. The number of benzene rings is 2. The van der Waals surface area contributed by atoms with Crippen molar-refractivity contribution in [1.29, 1.82) is 0 Å². The Morgan fingerprint density at radius 3 is 2.89 bits per heavy atom. The number of nitrogens with one attached hydrogen (secondary N) is 1. The van der Waals surface area contributed by atoms with E-state index in [2.05, 4.69) is 20.6 Å². The first-order valence-corrected chi connectivity index (χ1v) is 9.48. The van der Waals surface area contributed by atoms with Crippen LogP contribution in [-0.4, -0.2) is 26.0 Å². The summed E-state index contributed by atoms with van der Waals surface area (Å²) in [6.45, 7) is 0.577. The predicted molar refractivity (Wildman–Crippen MR) is 106 cm³/mol. The van der Waals surface area contributed by atoms with E-state index >= 15 is 0 Å². The highest BCUT2D eigenvalue weighted by Crippen LogP contribution is 2.41. The Morgan fingerprint density at radius 1 is 1.14 bits per heavy atom. The van der Waals surface area contributed by atoms with E-state index in [1.165, 1.54) is 12.1 Å². The third kappa shape index (κ3) is 3.63. The van der Waals surface area contributed by atoms with Crippen molar-refractivity contribution in [2.45, 2.75) is 24.9 Å². The van der Waals surface area contributed by atoms with Crippen molar-refractivity contribution in [3.05, 3.63) is 71.0 Å². The quantitative estimate of drug-likeness (QED) is 0.526. The molecule has 1 fully saturated rings. The topological polar surface area (TPSA) is 55.6 Å². The third-order valence-corrected chi connectivity index (χ3v) is 5.62. The molecular weight excluding hydrogens is 404 g/mol. The lowest BCUT2D eigenvalue weighted by Gasteiger charge is -2.03. The van der Waals surface area contributed by atoms with Crippen molar-refractivity contribution in [2.24, 2.45) is 0 Å². The minimum atomic E-state index is -0.808. The Labute approximate surface area is 169 Å². The van der Waals surface area contributed by atoms with Gasteiger partial charge in [-0.1, -0.05) is 11.3 Å². The maximum Gasteiger partial charge on any atom is 0.159 e. The van der Waals surface area contributed by atoms with Crippen LogP contribution in [0.15, 0.2) is 48.1 Å². The van der Waals surface area contributed by atoms with E-state index in [4.69, 9.17) is 0 Å². The van der Waals surface area contributed by atoms with Crippen LogP contribution < -0.4 is 5.32 Å². The maximum absolute atomic E-state index is 13.4. The standard InChI is InChI=1S/C19H15F2N5S.ClH/c20-15-3-1-11(5-16(15)21)14-7-18(14)22-8-12-9-26(25-24-12)13-2-4-17-19(6-13)27-10-23-17;/h1-6,9-10,14,18,22H,7-8H2;1H/t14-,18+;/m0./s1. The molecule has 4 aromatic rings. The van der Waals surface area contributed by atoms with Crippen LogP contribution in [0.25, 0.3) is 15.9 Å². The molecule has 9 heteroatoms. The van der Waals surface area contributed by atoms with Crippen LogP contribution in [0, 0.1) is 11.6 Å². The fourth-order valence-corrected chi connectivity index (χ4v) is 3.97. The summed E-state index contributed by atoms with van der Waals surface area (Å²) in [4.78, 5) is 4.28. The fraction of sp³-hybridized carbons (Fsp3) is 0.211. The summed E-state index contributed by atoms with van der Waals surface area (Å²) in [5, 5.41) is 11.8. The molecule has 0 amide bonds. The molecule has 5 nitrogen and oxygen atoms in total. The monoisotopic (exact) mass is 419 g/mol. The Balaban J connectivity index is 0.00000192. The number of aromatic nitrogens is 4. The van der Waals surface area contributed by atoms with Crippen LogP contribution in [0.1, 0.15) is 23.6 Å². The third-order valence-electron chi connectivity index (χ3n) is 4.83. The van der Waals surface area contributed by atoms with Crippen molar-refractivity contribution in [3.8, 4) is 5.69 Å². The lowest BCUT2D eigenvalue weighted by atomic mass is 10.1. The van der Waals surface area contributed by atoms with Crippen LogP contribution in [0.4, 0.5) is 8.78 Å². The molecule has 5 rings (SSSR count). The Morgan fingerprint density at radius 2 is 2.04 bits per heavy atom. The van der Waals surface area contributed by atoms with Crippen LogP contribution in [0.5, 0.6) is 0 Å². The predicted octanol–water partition coefficient (Wildman–Crippen LogP) is 4.22. The zero-order valence-corrected chi connectivity index (χ0v) is 16.2. The fourth-order valence-electron chi connectivity index (χ4n) is 3.26. The molecule has 0 saturated heterocycles. The molecule has 2 atom stereocenters. The lowest BCUT2D eigenvalue weighted by molar-refractivity contribution is 0.506. The highest BCUT2D eigenvalue weighted by molar-refractivity contribution is 7.16. The Kier molecular flexibility index (Phi) is 5.09. The molecule has 0 bridgehead atoms. The van der Waals surface area contributed by atoms with Gasteiger partial charge in [0.15, 0.2) is 11.6 Å². The van der Waals surface area contributed by atoms with Gasteiger partial charge in [-0.2, -0.15) is 0 Å². The van der Waals surface area contributed by atoms with Crippen LogP contribution in [0.3, 0.4) is 0 Å². The molecule has 1 N–H and O–H groups in total. The van der Waals surface area contributed by atoms with Gasteiger partial charge < -0.3 is 5.32 Å². The number of nitrogens with zero attached hydrogens (tertiary/aromatic N) is 4. The molecule has 1 aliphatic rings. The van der Waals surface area contributed by atoms with Gasteiger partial charge in [-0.05, 0) is 42.3 Å². The molecule has 0 aliphatic heterocycles. The number of hydrogen-bond acceptors (Lipinski definition) is 5. The van der Waals surface area contributed by atoms with E-state index < -0.39 is 11.6 Å². The second kappa shape index (κ2) is 7.54. The van der Waals surface area contributed by atoms with E-state index in [9.17, 15) is 8.78 Å². The summed E-state index contributed by atoms with van der Waals surface area (Å²) in [5.41, 5.74) is 5.40. The van der Waals surface area contributed by atoms with Gasteiger partial charge in [-0.3, -0.25) is 0 Å². The first-order chi connectivity index (χ1) is 13.2. The van der Waals surface area contributed by atoms with E-state index in [1.54, 1.807) is 22.1 Å². The second-order valence-corrected chi connectivity index (χ2v) is 7.55. The number of fused-ring (bicyclic) bond motifs is 1. The number of rotatable bonds is 5. The van der Waals surface area contributed by atoms with E-state index in [-0.39, 0.29) is 24.4 Å². The molecule has 0 radical (unpaired) electrons. The number of thiazole rings is 1. The Bertz CT molecular complexity index is 1130. The highest BCUT2D eigenvalue weighted by Gasteiger charge is 2.38.